The minimum atomic E-state index is -0.608. The highest BCUT2D eigenvalue weighted by atomic mass is 35.5. The maximum Gasteiger partial charge on any atom is 0.255 e. The van der Waals surface area contributed by atoms with Gasteiger partial charge < -0.3 is 10.6 Å². The lowest BCUT2D eigenvalue weighted by atomic mass is 10.2. The summed E-state index contributed by atoms with van der Waals surface area (Å²) in [6, 6.07) is 6.96. The molecule has 0 aliphatic rings. The van der Waals surface area contributed by atoms with Crippen molar-refractivity contribution in [3.63, 3.8) is 0 Å². The predicted molar refractivity (Wildman–Crippen MR) is 82.8 cm³/mol. The van der Waals surface area contributed by atoms with Crippen LogP contribution in [0.5, 0.6) is 0 Å². The molecule has 7 heteroatoms. The molecular formula is C14H12Cl2FN3O. The monoisotopic (exact) mass is 327 g/mol. The van der Waals surface area contributed by atoms with Gasteiger partial charge in [0.1, 0.15) is 16.8 Å². The highest BCUT2D eigenvalue weighted by molar-refractivity contribution is 6.30. The zero-order valence-electron chi connectivity index (χ0n) is 11.1. The second-order valence-corrected chi connectivity index (χ2v) is 5.00. The third kappa shape index (κ3) is 4.06. The average molecular weight is 328 g/mol. The number of aromatic nitrogens is 1. The first kappa shape index (κ1) is 15.5. The summed E-state index contributed by atoms with van der Waals surface area (Å²) in [5, 5.41) is 5.86. The van der Waals surface area contributed by atoms with Gasteiger partial charge in [-0.3, -0.25) is 4.79 Å². The fourth-order valence-corrected chi connectivity index (χ4v) is 2.05. The van der Waals surface area contributed by atoms with Crippen LogP contribution in [0.15, 0.2) is 30.3 Å². The lowest BCUT2D eigenvalue weighted by Crippen LogP contribution is -2.14. The van der Waals surface area contributed by atoms with E-state index in [4.69, 9.17) is 23.2 Å². The van der Waals surface area contributed by atoms with E-state index in [0.717, 1.165) is 6.07 Å². The summed E-state index contributed by atoms with van der Waals surface area (Å²) in [5.74, 6) is -0.616. The molecule has 2 rings (SSSR count). The number of hydrogen-bond donors (Lipinski definition) is 2. The first-order valence-corrected chi connectivity index (χ1v) is 6.93. The van der Waals surface area contributed by atoms with Crippen LogP contribution in [-0.4, -0.2) is 17.4 Å². The molecule has 0 unspecified atom stereocenters. The smallest absolute Gasteiger partial charge is 0.255 e. The molecule has 1 amide bonds. The van der Waals surface area contributed by atoms with Crippen LogP contribution in [0.1, 0.15) is 17.3 Å². The second kappa shape index (κ2) is 6.74. The summed E-state index contributed by atoms with van der Waals surface area (Å²) in [7, 11) is 0. The van der Waals surface area contributed by atoms with E-state index < -0.39 is 11.7 Å². The molecule has 0 aliphatic carbocycles. The number of nitrogens with zero attached hydrogens (tertiary/aromatic N) is 1. The van der Waals surface area contributed by atoms with E-state index in [0.29, 0.717) is 12.4 Å². The molecule has 21 heavy (non-hydrogen) atoms. The van der Waals surface area contributed by atoms with Gasteiger partial charge in [0.15, 0.2) is 0 Å². The lowest BCUT2D eigenvalue weighted by Gasteiger charge is -2.09. The van der Waals surface area contributed by atoms with Crippen LogP contribution in [0.4, 0.5) is 15.9 Å². The van der Waals surface area contributed by atoms with Gasteiger partial charge in [-0.25, -0.2) is 9.37 Å². The van der Waals surface area contributed by atoms with Crippen LogP contribution >= 0.6 is 23.2 Å². The molecule has 1 heterocycles. The molecule has 1 aromatic carbocycles. The van der Waals surface area contributed by atoms with Gasteiger partial charge >= 0.3 is 0 Å². The summed E-state index contributed by atoms with van der Waals surface area (Å²) in [6.45, 7) is 2.53. The standard InChI is InChI=1S/C14H12Cl2FN3O/c1-2-18-13-6-8(5-12(16)20-13)14(21)19-11-4-3-9(15)7-10(11)17/h3-7H,2H2,1H3,(H,18,20)(H,19,21). The van der Waals surface area contributed by atoms with Crippen molar-refractivity contribution >= 4 is 40.6 Å². The second-order valence-electron chi connectivity index (χ2n) is 4.17. The zero-order chi connectivity index (χ0) is 15.4. The quantitative estimate of drug-likeness (QED) is 0.827. The molecule has 0 spiro atoms. The van der Waals surface area contributed by atoms with E-state index in [2.05, 4.69) is 15.6 Å². The normalized spacial score (nSPS) is 10.3. The van der Waals surface area contributed by atoms with Crippen molar-refractivity contribution in [1.82, 2.24) is 4.98 Å². The number of amides is 1. The van der Waals surface area contributed by atoms with Gasteiger partial charge in [-0.2, -0.15) is 0 Å². The number of pyridine rings is 1. The molecule has 0 atom stereocenters. The average Bonchev–Trinajstić information content (AvgIpc) is 2.41. The molecule has 4 nitrogen and oxygen atoms in total. The number of nitrogens with one attached hydrogen (secondary N) is 2. The van der Waals surface area contributed by atoms with E-state index >= 15 is 0 Å². The first-order chi connectivity index (χ1) is 9.99. The molecule has 0 radical (unpaired) electrons. The molecular weight excluding hydrogens is 316 g/mol. The summed E-state index contributed by atoms with van der Waals surface area (Å²) in [6.07, 6.45) is 0. The zero-order valence-corrected chi connectivity index (χ0v) is 12.6. The number of benzene rings is 1. The van der Waals surface area contributed by atoms with Gasteiger partial charge in [0.2, 0.25) is 0 Å². The Morgan fingerprint density at radius 3 is 2.71 bits per heavy atom. The van der Waals surface area contributed by atoms with Gasteiger partial charge in [-0.15, -0.1) is 0 Å². The topological polar surface area (TPSA) is 54.0 Å². The van der Waals surface area contributed by atoms with Crippen molar-refractivity contribution in [2.24, 2.45) is 0 Å². The van der Waals surface area contributed by atoms with Gasteiger partial charge in [0.05, 0.1) is 5.69 Å². The Hall–Kier alpha value is -1.85. The van der Waals surface area contributed by atoms with Crippen LogP contribution in [0.3, 0.4) is 0 Å². The van der Waals surface area contributed by atoms with Crippen LogP contribution in [0.2, 0.25) is 10.2 Å². The highest BCUT2D eigenvalue weighted by Crippen LogP contribution is 2.21. The minimum absolute atomic E-state index is 0.0438. The number of hydrogen-bond acceptors (Lipinski definition) is 3. The van der Waals surface area contributed by atoms with Crippen molar-refractivity contribution in [3.8, 4) is 0 Å². The van der Waals surface area contributed by atoms with Gasteiger partial charge in [-0.1, -0.05) is 23.2 Å². The molecule has 0 fully saturated rings. The van der Waals surface area contributed by atoms with Crippen molar-refractivity contribution in [3.05, 3.63) is 51.9 Å². The SMILES string of the molecule is CCNc1cc(C(=O)Nc2ccc(Cl)cc2F)cc(Cl)n1. The van der Waals surface area contributed by atoms with Crippen LogP contribution in [0, 0.1) is 5.82 Å². The maximum absolute atomic E-state index is 13.7. The Morgan fingerprint density at radius 2 is 2.05 bits per heavy atom. The summed E-state index contributed by atoms with van der Waals surface area (Å²) < 4.78 is 13.7. The number of anilines is 2. The molecule has 0 bridgehead atoms. The van der Waals surface area contributed by atoms with Crippen molar-refractivity contribution in [1.29, 1.82) is 0 Å². The van der Waals surface area contributed by atoms with E-state index in [-0.39, 0.29) is 21.4 Å². The molecule has 110 valence electrons. The van der Waals surface area contributed by atoms with Gasteiger partial charge in [-0.05, 0) is 37.3 Å². The molecule has 2 aromatic rings. The Kier molecular flexibility index (Phi) is 4.98. The Bertz CT molecular complexity index is 679. The third-order valence-corrected chi connectivity index (χ3v) is 3.02. The van der Waals surface area contributed by atoms with Crippen LogP contribution in [-0.2, 0) is 0 Å². The van der Waals surface area contributed by atoms with Crippen LogP contribution in [0.25, 0.3) is 0 Å². The largest absolute Gasteiger partial charge is 0.370 e. The van der Waals surface area contributed by atoms with E-state index in [1.807, 2.05) is 6.92 Å². The highest BCUT2D eigenvalue weighted by Gasteiger charge is 2.12. The van der Waals surface area contributed by atoms with Crippen molar-refractivity contribution in [2.75, 3.05) is 17.2 Å². The third-order valence-electron chi connectivity index (χ3n) is 2.59. The molecule has 0 saturated heterocycles. The fourth-order valence-electron chi connectivity index (χ4n) is 1.69. The van der Waals surface area contributed by atoms with Crippen LogP contribution < -0.4 is 10.6 Å². The summed E-state index contributed by atoms with van der Waals surface area (Å²) >= 11 is 11.5. The molecule has 0 saturated carbocycles. The molecule has 1 aromatic heterocycles. The maximum atomic E-state index is 13.7. The van der Waals surface area contributed by atoms with E-state index in [1.54, 1.807) is 6.07 Å². The first-order valence-electron chi connectivity index (χ1n) is 6.17. The number of rotatable bonds is 4. The number of carbonyl (C=O) groups is 1. The van der Waals surface area contributed by atoms with Crippen molar-refractivity contribution < 1.29 is 9.18 Å². The van der Waals surface area contributed by atoms with E-state index in [1.165, 1.54) is 18.2 Å². The summed E-state index contributed by atoms with van der Waals surface area (Å²) in [5.41, 5.74) is 0.322. The Labute approximate surface area is 131 Å². The molecule has 2 N–H and O–H groups in total. The van der Waals surface area contributed by atoms with Gasteiger partial charge in [0.25, 0.3) is 5.91 Å². The molecule has 0 aliphatic heterocycles. The minimum Gasteiger partial charge on any atom is -0.370 e. The number of halogens is 3. The van der Waals surface area contributed by atoms with Gasteiger partial charge in [0, 0.05) is 17.1 Å². The summed E-state index contributed by atoms with van der Waals surface area (Å²) in [4.78, 5) is 16.2. The Balaban J connectivity index is 2.23. The fraction of sp³-hybridized carbons (Fsp3) is 0.143. The number of carbonyl (C=O) groups excluding carboxylic acids is 1. The van der Waals surface area contributed by atoms with E-state index in [9.17, 15) is 9.18 Å². The predicted octanol–water partition coefficient (Wildman–Crippen LogP) is 4.21. The lowest BCUT2D eigenvalue weighted by molar-refractivity contribution is 0.102. The van der Waals surface area contributed by atoms with Crippen molar-refractivity contribution in [2.45, 2.75) is 6.92 Å². The Morgan fingerprint density at radius 1 is 1.29 bits per heavy atom.